The molecule has 0 saturated carbocycles. The van der Waals surface area contributed by atoms with Gasteiger partial charge in [-0.15, -0.1) is 5.10 Å². The predicted octanol–water partition coefficient (Wildman–Crippen LogP) is 1.23. The average Bonchev–Trinajstić information content (AvgIpc) is 3.41. The molecule has 0 bridgehead atoms. The Morgan fingerprint density at radius 3 is 2.63 bits per heavy atom. The second-order valence-corrected chi connectivity index (χ2v) is 5.90. The van der Waals surface area contributed by atoms with Gasteiger partial charge in [0.15, 0.2) is 0 Å². The molecule has 27 heavy (non-hydrogen) atoms. The van der Waals surface area contributed by atoms with Crippen molar-refractivity contribution in [3.8, 4) is 5.69 Å². The van der Waals surface area contributed by atoms with Crippen LogP contribution in [0.15, 0.2) is 67.5 Å². The minimum atomic E-state index is -0.156. The van der Waals surface area contributed by atoms with Crippen molar-refractivity contribution in [2.75, 3.05) is 0 Å². The molecular weight excluding hydrogens is 344 g/mol. The molecule has 0 unspecified atom stereocenters. The minimum absolute atomic E-state index is 0.156. The minimum Gasteiger partial charge on any atom is -0.348 e. The normalized spacial score (nSPS) is 10.7. The van der Waals surface area contributed by atoms with Crippen molar-refractivity contribution in [2.24, 2.45) is 0 Å². The van der Waals surface area contributed by atoms with Crippen LogP contribution in [-0.4, -0.2) is 40.9 Å². The maximum absolute atomic E-state index is 12.4. The van der Waals surface area contributed by atoms with Crippen LogP contribution in [0.1, 0.15) is 21.5 Å². The van der Waals surface area contributed by atoms with Crippen LogP contribution in [0.2, 0.25) is 0 Å². The van der Waals surface area contributed by atoms with Gasteiger partial charge < -0.3 is 5.32 Å². The number of amides is 1. The molecule has 0 saturated heterocycles. The number of tetrazole rings is 1. The smallest absolute Gasteiger partial charge is 0.251 e. The summed E-state index contributed by atoms with van der Waals surface area (Å²) in [6.07, 6.45) is 4.67. The highest BCUT2D eigenvalue weighted by Gasteiger charge is 2.08. The molecule has 4 aromatic rings. The lowest BCUT2D eigenvalue weighted by Gasteiger charge is -2.08. The third-order valence-corrected chi connectivity index (χ3v) is 4.01. The SMILES string of the molecule is O=C(NCc1ccc(Cn2cncn2)cc1)c1cccc(-n2cnnn2)c1. The summed E-state index contributed by atoms with van der Waals surface area (Å²) in [6, 6.07) is 15.1. The van der Waals surface area contributed by atoms with E-state index in [2.05, 4.69) is 30.9 Å². The number of aromatic nitrogens is 7. The van der Waals surface area contributed by atoms with Gasteiger partial charge in [0.25, 0.3) is 5.91 Å². The van der Waals surface area contributed by atoms with Crippen molar-refractivity contribution in [1.82, 2.24) is 40.3 Å². The number of carbonyl (C=O) groups excluding carboxylic acids is 1. The zero-order valence-corrected chi connectivity index (χ0v) is 14.3. The third kappa shape index (κ3) is 4.03. The molecule has 1 N–H and O–H groups in total. The van der Waals surface area contributed by atoms with E-state index in [0.29, 0.717) is 18.7 Å². The third-order valence-electron chi connectivity index (χ3n) is 4.01. The molecule has 2 aromatic heterocycles. The van der Waals surface area contributed by atoms with E-state index in [9.17, 15) is 4.79 Å². The van der Waals surface area contributed by atoms with Crippen LogP contribution in [0.25, 0.3) is 5.69 Å². The Labute approximate surface area is 154 Å². The molecule has 0 aliphatic heterocycles. The monoisotopic (exact) mass is 360 g/mol. The number of benzene rings is 2. The highest BCUT2D eigenvalue weighted by Crippen LogP contribution is 2.10. The summed E-state index contributed by atoms with van der Waals surface area (Å²) in [4.78, 5) is 16.4. The van der Waals surface area contributed by atoms with Gasteiger partial charge in [-0.3, -0.25) is 4.79 Å². The van der Waals surface area contributed by atoms with E-state index in [0.717, 1.165) is 16.8 Å². The van der Waals surface area contributed by atoms with E-state index in [4.69, 9.17) is 0 Å². The van der Waals surface area contributed by atoms with Crippen molar-refractivity contribution in [3.05, 3.63) is 84.2 Å². The molecule has 4 rings (SSSR count). The summed E-state index contributed by atoms with van der Waals surface area (Å²) < 4.78 is 3.26. The first-order chi connectivity index (χ1) is 13.3. The largest absolute Gasteiger partial charge is 0.348 e. The van der Waals surface area contributed by atoms with E-state index in [1.54, 1.807) is 29.2 Å². The van der Waals surface area contributed by atoms with Crippen LogP contribution in [0.5, 0.6) is 0 Å². The van der Waals surface area contributed by atoms with Crippen molar-refractivity contribution in [3.63, 3.8) is 0 Å². The topological polar surface area (TPSA) is 103 Å². The molecule has 1 amide bonds. The molecular formula is C18H16N8O. The molecule has 134 valence electrons. The van der Waals surface area contributed by atoms with Gasteiger partial charge in [0.1, 0.15) is 19.0 Å². The van der Waals surface area contributed by atoms with Gasteiger partial charge in [-0.2, -0.15) is 5.10 Å². The van der Waals surface area contributed by atoms with Crippen LogP contribution >= 0.6 is 0 Å². The van der Waals surface area contributed by atoms with Crippen LogP contribution < -0.4 is 5.32 Å². The van der Waals surface area contributed by atoms with E-state index >= 15 is 0 Å². The Hall–Kier alpha value is -3.88. The Kier molecular flexibility index (Phi) is 4.64. The van der Waals surface area contributed by atoms with Crippen molar-refractivity contribution in [1.29, 1.82) is 0 Å². The van der Waals surface area contributed by atoms with Crippen LogP contribution in [0.4, 0.5) is 0 Å². The van der Waals surface area contributed by atoms with Crippen molar-refractivity contribution in [2.45, 2.75) is 13.1 Å². The molecule has 9 heteroatoms. The molecule has 0 spiro atoms. The Morgan fingerprint density at radius 1 is 1.04 bits per heavy atom. The number of carbonyl (C=O) groups is 1. The van der Waals surface area contributed by atoms with E-state index in [1.807, 2.05) is 30.3 Å². The fourth-order valence-electron chi connectivity index (χ4n) is 2.62. The highest BCUT2D eigenvalue weighted by molar-refractivity contribution is 5.94. The van der Waals surface area contributed by atoms with Gasteiger partial charge in [0.05, 0.1) is 12.2 Å². The number of nitrogens with one attached hydrogen (secondary N) is 1. The Balaban J connectivity index is 1.37. The van der Waals surface area contributed by atoms with Gasteiger partial charge in [-0.1, -0.05) is 30.3 Å². The van der Waals surface area contributed by atoms with Crippen LogP contribution in [-0.2, 0) is 13.1 Å². The molecule has 2 heterocycles. The maximum atomic E-state index is 12.4. The lowest BCUT2D eigenvalue weighted by atomic mass is 10.1. The summed E-state index contributed by atoms with van der Waals surface area (Å²) in [6.45, 7) is 1.11. The second kappa shape index (κ2) is 7.56. The van der Waals surface area contributed by atoms with Crippen molar-refractivity contribution < 1.29 is 4.79 Å². The molecule has 0 aliphatic rings. The summed E-state index contributed by atoms with van der Waals surface area (Å²) >= 11 is 0. The highest BCUT2D eigenvalue weighted by atomic mass is 16.1. The lowest BCUT2D eigenvalue weighted by Crippen LogP contribution is -2.23. The van der Waals surface area contributed by atoms with Gasteiger partial charge in [0, 0.05) is 12.1 Å². The molecule has 2 aromatic carbocycles. The Bertz CT molecular complexity index is 1010. The van der Waals surface area contributed by atoms with E-state index in [-0.39, 0.29) is 5.91 Å². The summed E-state index contributed by atoms with van der Waals surface area (Å²) in [5.74, 6) is -0.156. The van der Waals surface area contributed by atoms with E-state index in [1.165, 1.54) is 17.3 Å². The molecule has 0 atom stereocenters. The number of hydrogen-bond acceptors (Lipinski definition) is 6. The van der Waals surface area contributed by atoms with Gasteiger partial charge in [0.2, 0.25) is 0 Å². The first-order valence-electron chi connectivity index (χ1n) is 8.30. The molecule has 0 fully saturated rings. The van der Waals surface area contributed by atoms with Crippen LogP contribution in [0, 0.1) is 0 Å². The van der Waals surface area contributed by atoms with Crippen molar-refractivity contribution >= 4 is 5.91 Å². The van der Waals surface area contributed by atoms with Gasteiger partial charge in [-0.25, -0.2) is 14.3 Å². The summed E-state index contributed by atoms with van der Waals surface area (Å²) in [7, 11) is 0. The molecule has 0 radical (unpaired) electrons. The first-order valence-corrected chi connectivity index (χ1v) is 8.30. The summed E-state index contributed by atoms with van der Waals surface area (Å²) in [5, 5.41) is 18.0. The maximum Gasteiger partial charge on any atom is 0.251 e. The molecule has 0 aliphatic carbocycles. The van der Waals surface area contributed by atoms with Gasteiger partial charge in [-0.05, 0) is 39.8 Å². The number of rotatable bonds is 6. The zero-order valence-electron chi connectivity index (χ0n) is 14.3. The number of hydrogen-bond donors (Lipinski definition) is 1. The van der Waals surface area contributed by atoms with Crippen LogP contribution in [0.3, 0.4) is 0 Å². The quantitative estimate of drug-likeness (QED) is 0.555. The molecule has 9 nitrogen and oxygen atoms in total. The predicted molar refractivity (Wildman–Crippen MR) is 95.9 cm³/mol. The standard InChI is InChI=1S/C18H16N8O/c27-18(16-2-1-3-17(8-16)26-13-21-23-24-26)20-9-14-4-6-15(7-5-14)10-25-12-19-11-22-25/h1-8,11-13H,9-10H2,(H,20,27). The number of nitrogens with zero attached hydrogens (tertiary/aromatic N) is 7. The fraction of sp³-hybridized carbons (Fsp3) is 0.111. The van der Waals surface area contributed by atoms with E-state index < -0.39 is 0 Å². The Morgan fingerprint density at radius 2 is 1.89 bits per heavy atom. The van der Waals surface area contributed by atoms with Gasteiger partial charge >= 0.3 is 0 Å². The lowest BCUT2D eigenvalue weighted by molar-refractivity contribution is 0.0951. The summed E-state index contributed by atoms with van der Waals surface area (Å²) in [5.41, 5.74) is 3.41. The first kappa shape index (κ1) is 16.6. The second-order valence-electron chi connectivity index (χ2n) is 5.90. The fourth-order valence-corrected chi connectivity index (χ4v) is 2.62. The average molecular weight is 360 g/mol. The zero-order chi connectivity index (χ0) is 18.5.